The summed E-state index contributed by atoms with van der Waals surface area (Å²) in [6, 6.07) is 8.16. The molecule has 0 aromatic heterocycles. The summed E-state index contributed by atoms with van der Waals surface area (Å²) in [5.74, 6) is 5.26. The zero-order chi connectivity index (χ0) is 9.19. The number of anilines is 1. The van der Waals surface area contributed by atoms with Crippen LogP contribution in [0.15, 0.2) is 24.3 Å². The van der Waals surface area contributed by atoms with Gasteiger partial charge in [0.2, 0.25) is 0 Å². The molecule has 3 N–H and O–H groups in total. The van der Waals surface area contributed by atoms with Crippen molar-refractivity contribution in [3.8, 4) is 0 Å². The van der Waals surface area contributed by atoms with E-state index in [1.165, 1.54) is 5.56 Å². The maximum atomic E-state index is 5.26. The van der Waals surface area contributed by atoms with Crippen LogP contribution in [0.5, 0.6) is 0 Å². The molecule has 0 saturated heterocycles. The van der Waals surface area contributed by atoms with E-state index in [2.05, 4.69) is 38.3 Å². The molecule has 2 nitrogen and oxygen atoms in total. The number of hydrogen-bond acceptors (Lipinski definition) is 2. The van der Waals surface area contributed by atoms with E-state index in [0.29, 0.717) is 0 Å². The molecule has 0 radical (unpaired) electrons. The number of nitrogens with two attached hydrogens (primary N) is 1. The van der Waals surface area contributed by atoms with Gasteiger partial charge in [0, 0.05) is 5.69 Å². The van der Waals surface area contributed by atoms with E-state index in [1.807, 2.05) is 12.1 Å². The van der Waals surface area contributed by atoms with E-state index >= 15 is 0 Å². The standard InChI is InChI=1S/C10H16N2.3ClH/c1-10(2,3)8-4-6-9(12-11)7-5-8;;;/h4-7,12H,11H2,1-3H3;3*1H. The van der Waals surface area contributed by atoms with Crippen LogP contribution in [0.3, 0.4) is 0 Å². The van der Waals surface area contributed by atoms with Crippen molar-refractivity contribution in [2.75, 3.05) is 5.43 Å². The van der Waals surface area contributed by atoms with Gasteiger partial charge in [0.05, 0.1) is 0 Å². The third-order valence-corrected chi connectivity index (χ3v) is 1.92. The molecule has 0 spiro atoms. The van der Waals surface area contributed by atoms with Crippen molar-refractivity contribution in [1.82, 2.24) is 0 Å². The molecule has 0 atom stereocenters. The number of nitrogens with one attached hydrogen (secondary N) is 1. The second-order valence-corrected chi connectivity index (χ2v) is 3.97. The van der Waals surface area contributed by atoms with E-state index in [9.17, 15) is 0 Å². The average molecular weight is 274 g/mol. The fourth-order valence-corrected chi connectivity index (χ4v) is 1.07. The first-order chi connectivity index (χ1) is 5.54. The molecule has 0 heterocycles. The monoisotopic (exact) mass is 272 g/mol. The molecule has 0 bridgehead atoms. The Morgan fingerprint density at radius 3 is 1.60 bits per heavy atom. The summed E-state index contributed by atoms with van der Waals surface area (Å²) in [5.41, 5.74) is 5.09. The summed E-state index contributed by atoms with van der Waals surface area (Å²) >= 11 is 0. The number of hydrogen-bond donors (Lipinski definition) is 2. The Morgan fingerprint density at radius 2 is 1.33 bits per heavy atom. The van der Waals surface area contributed by atoms with Crippen LogP contribution in [0.1, 0.15) is 26.3 Å². The second-order valence-electron chi connectivity index (χ2n) is 3.97. The summed E-state index contributed by atoms with van der Waals surface area (Å²) in [6.45, 7) is 6.58. The smallest absolute Gasteiger partial charge is 0.0485 e. The first kappa shape index (κ1) is 20.3. The lowest BCUT2D eigenvalue weighted by Gasteiger charge is -2.18. The highest BCUT2D eigenvalue weighted by atomic mass is 35.5. The van der Waals surface area contributed by atoms with Crippen molar-refractivity contribution in [2.24, 2.45) is 5.84 Å². The number of hydrazine groups is 1. The van der Waals surface area contributed by atoms with E-state index < -0.39 is 0 Å². The molecule has 0 aliphatic heterocycles. The van der Waals surface area contributed by atoms with Crippen molar-refractivity contribution in [1.29, 1.82) is 0 Å². The van der Waals surface area contributed by atoms with E-state index in [-0.39, 0.29) is 42.6 Å². The molecule has 0 aliphatic rings. The highest BCUT2D eigenvalue weighted by molar-refractivity contribution is 5.86. The molecule has 15 heavy (non-hydrogen) atoms. The SMILES string of the molecule is CC(C)(C)c1ccc(NN)cc1.Cl.Cl.Cl. The second kappa shape index (κ2) is 8.05. The first-order valence-corrected chi connectivity index (χ1v) is 4.11. The van der Waals surface area contributed by atoms with E-state index in [0.717, 1.165) is 5.69 Å². The summed E-state index contributed by atoms with van der Waals surface area (Å²) in [5, 5.41) is 0. The topological polar surface area (TPSA) is 38.0 Å². The van der Waals surface area contributed by atoms with Crippen molar-refractivity contribution >= 4 is 42.9 Å². The zero-order valence-electron chi connectivity index (χ0n) is 9.11. The normalized spacial score (nSPS) is 9.07. The van der Waals surface area contributed by atoms with Crippen molar-refractivity contribution < 1.29 is 0 Å². The fourth-order valence-electron chi connectivity index (χ4n) is 1.07. The van der Waals surface area contributed by atoms with Gasteiger partial charge in [-0.1, -0.05) is 32.9 Å². The Kier molecular flexibility index (Phi) is 10.9. The van der Waals surface area contributed by atoms with Gasteiger partial charge >= 0.3 is 0 Å². The average Bonchev–Trinajstić information content (AvgIpc) is 2.03. The minimum Gasteiger partial charge on any atom is -0.324 e. The molecular formula is C10H19Cl3N2. The summed E-state index contributed by atoms with van der Waals surface area (Å²) in [6.07, 6.45) is 0. The van der Waals surface area contributed by atoms with E-state index in [4.69, 9.17) is 5.84 Å². The van der Waals surface area contributed by atoms with Crippen LogP contribution < -0.4 is 11.3 Å². The largest absolute Gasteiger partial charge is 0.324 e. The molecule has 0 unspecified atom stereocenters. The van der Waals surface area contributed by atoms with Gasteiger partial charge in [-0.15, -0.1) is 37.2 Å². The highest BCUT2D eigenvalue weighted by Gasteiger charge is 2.12. The summed E-state index contributed by atoms with van der Waals surface area (Å²) in [4.78, 5) is 0. The molecule has 1 rings (SSSR count). The maximum absolute atomic E-state index is 5.26. The molecule has 1 aromatic rings. The molecule has 0 aliphatic carbocycles. The number of rotatable bonds is 1. The van der Waals surface area contributed by atoms with Crippen molar-refractivity contribution in [2.45, 2.75) is 26.2 Å². The Bertz CT molecular complexity index is 254. The van der Waals surface area contributed by atoms with Gasteiger partial charge in [-0.2, -0.15) is 0 Å². The Hall–Kier alpha value is -0.150. The minimum atomic E-state index is 0. The molecule has 5 heteroatoms. The number of halogens is 3. The van der Waals surface area contributed by atoms with Gasteiger partial charge in [-0.3, -0.25) is 5.84 Å². The van der Waals surface area contributed by atoms with Crippen molar-refractivity contribution in [3.05, 3.63) is 29.8 Å². The predicted octanol–water partition coefficient (Wildman–Crippen LogP) is 3.54. The van der Waals surface area contributed by atoms with Crippen LogP contribution in [0.2, 0.25) is 0 Å². The number of nitrogen functional groups attached to an aromatic ring is 1. The molecule has 0 amide bonds. The van der Waals surface area contributed by atoms with Crippen LogP contribution in [-0.2, 0) is 5.41 Å². The lowest BCUT2D eigenvalue weighted by atomic mass is 9.87. The van der Waals surface area contributed by atoms with Crippen molar-refractivity contribution in [3.63, 3.8) is 0 Å². The van der Waals surface area contributed by atoms with Gasteiger partial charge in [0.25, 0.3) is 0 Å². The third-order valence-electron chi connectivity index (χ3n) is 1.92. The van der Waals surface area contributed by atoms with Gasteiger partial charge in [0.15, 0.2) is 0 Å². The Morgan fingerprint density at radius 1 is 0.933 bits per heavy atom. The summed E-state index contributed by atoms with van der Waals surface area (Å²) in [7, 11) is 0. The molecule has 90 valence electrons. The Labute approximate surface area is 110 Å². The molecule has 0 fully saturated rings. The van der Waals surface area contributed by atoms with Crippen LogP contribution in [-0.4, -0.2) is 0 Å². The molecular weight excluding hydrogens is 254 g/mol. The predicted molar refractivity (Wildman–Crippen MR) is 74.7 cm³/mol. The quantitative estimate of drug-likeness (QED) is 0.607. The van der Waals surface area contributed by atoms with Gasteiger partial charge in [-0.25, -0.2) is 0 Å². The fraction of sp³-hybridized carbons (Fsp3) is 0.400. The van der Waals surface area contributed by atoms with Crippen LogP contribution in [0, 0.1) is 0 Å². The summed E-state index contributed by atoms with van der Waals surface area (Å²) < 4.78 is 0. The minimum absolute atomic E-state index is 0. The third kappa shape index (κ3) is 6.10. The highest BCUT2D eigenvalue weighted by Crippen LogP contribution is 2.22. The lowest BCUT2D eigenvalue weighted by Crippen LogP contribution is -2.11. The maximum Gasteiger partial charge on any atom is 0.0485 e. The first-order valence-electron chi connectivity index (χ1n) is 4.11. The lowest BCUT2D eigenvalue weighted by molar-refractivity contribution is 0.590. The van der Waals surface area contributed by atoms with Crippen LogP contribution in [0.25, 0.3) is 0 Å². The molecule has 0 saturated carbocycles. The van der Waals surface area contributed by atoms with E-state index in [1.54, 1.807) is 0 Å². The van der Waals surface area contributed by atoms with Gasteiger partial charge in [0.1, 0.15) is 0 Å². The number of benzene rings is 1. The Balaban J connectivity index is -0.000000480. The molecule has 1 aromatic carbocycles. The van der Waals surface area contributed by atoms with Crippen LogP contribution in [0.4, 0.5) is 5.69 Å². The van der Waals surface area contributed by atoms with Gasteiger partial charge in [-0.05, 0) is 23.1 Å². The van der Waals surface area contributed by atoms with Crippen LogP contribution >= 0.6 is 37.2 Å². The van der Waals surface area contributed by atoms with Gasteiger partial charge < -0.3 is 5.43 Å². The zero-order valence-corrected chi connectivity index (χ0v) is 11.6.